The number of rotatable bonds is 5. The second kappa shape index (κ2) is 8.73. The van der Waals surface area contributed by atoms with E-state index in [1.54, 1.807) is 42.5 Å². The van der Waals surface area contributed by atoms with Gasteiger partial charge in [-0.25, -0.2) is 14.2 Å². The van der Waals surface area contributed by atoms with Crippen molar-refractivity contribution in [2.24, 2.45) is 0 Å². The minimum atomic E-state index is -4.67. The van der Waals surface area contributed by atoms with Gasteiger partial charge in [0.2, 0.25) is 5.60 Å². The summed E-state index contributed by atoms with van der Waals surface area (Å²) < 4.78 is 59.3. The predicted octanol–water partition coefficient (Wildman–Crippen LogP) is 4.49. The van der Waals surface area contributed by atoms with E-state index in [4.69, 9.17) is 14.0 Å². The standard InChI is InChI=1S/C27H19F3N4O6/c1-26(23(35)31-24(36)39-26)18-6-4-3-5-14(18)13-33-20-11-15(27(28,29)30)7-10-19(20)34(25(33)37)22-17-9-8-16(38-2)12-21(17)40-32-22/h3-12H,13H2,1-2H3,(H,31,35,36)/t26-/m1/s1. The molecule has 1 aliphatic heterocycles. The van der Waals surface area contributed by atoms with Crippen LogP contribution >= 0.6 is 0 Å². The molecule has 0 spiro atoms. The molecule has 0 radical (unpaired) electrons. The average molecular weight is 552 g/mol. The highest BCUT2D eigenvalue weighted by atomic mass is 19.4. The minimum Gasteiger partial charge on any atom is -0.497 e. The van der Waals surface area contributed by atoms with Crippen molar-refractivity contribution in [3.05, 3.63) is 87.8 Å². The van der Waals surface area contributed by atoms with Gasteiger partial charge in [-0.1, -0.05) is 29.4 Å². The average Bonchev–Trinajstić information content (AvgIpc) is 3.54. The maximum atomic E-state index is 13.9. The van der Waals surface area contributed by atoms with Crippen LogP contribution in [-0.2, 0) is 27.9 Å². The summed E-state index contributed by atoms with van der Waals surface area (Å²) in [5.41, 5.74) is -2.27. The Labute approximate surface area is 222 Å². The van der Waals surface area contributed by atoms with Gasteiger partial charge in [0.1, 0.15) is 5.75 Å². The highest BCUT2D eigenvalue weighted by Gasteiger charge is 2.47. The number of carbonyl (C=O) groups excluding carboxylic acids is 2. The summed E-state index contributed by atoms with van der Waals surface area (Å²) in [6, 6.07) is 14.2. The van der Waals surface area contributed by atoms with E-state index in [1.165, 1.54) is 24.7 Å². The van der Waals surface area contributed by atoms with E-state index in [-0.39, 0.29) is 29.0 Å². The number of nitrogens with one attached hydrogen (secondary N) is 1. The molecule has 40 heavy (non-hydrogen) atoms. The SMILES string of the molecule is COc1ccc2c(-n3c(=O)n(Cc4ccccc4[C@@]4(C)OC(=O)NC4=O)c4cc(C(F)(F)F)ccc43)noc2c1. The summed E-state index contributed by atoms with van der Waals surface area (Å²) in [4.78, 5) is 38.3. The normalized spacial score (nSPS) is 17.4. The first-order valence-electron chi connectivity index (χ1n) is 11.9. The molecule has 0 saturated carbocycles. The van der Waals surface area contributed by atoms with Gasteiger partial charge in [-0.3, -0.25) is 14.7 Å². The third-order valence-corrected chi connectivity index (χ3v) is 6.93. The van der Waals surface area contributed by atoms with Gasteiger partial charge in [0.05, 0.1) is 35.6 Å². The highest BCUT2D eigenvalue weighted by molar-refractivity contribution is 6.03. The van der Waals surface area contributed by atoms with Crippen LogP contribution in [0.3, 0.4) is 0 Å². The number of fused-ring (bicyclic) bond motifs is 2. The van der Waals surface area contributed by atoms with Gasteiger partial charge in [0, 0.05) is 11.6 Å². The van der Waals surface area contributed by atoms with Gasteiger partial charge < -0.3 is 14.0 Å². The van der Waals surface area contributed by atoms with Crippen molar-refractivity contribution in [1.29, 1.82) is 0 Å². The number of alkyl carbamates (subject to hydrolysis) is 1. The number of aromatic nitrogens is 3. The van der Waals surface area contributed by atoms with E-state index in [0.717, 1.165) is 16.7 Å². The molecule has 3 aromatic carbocycles. The molecule has 2 amide bonds. The summed E-state index contributed by atoms with van der Waals surface area (Å²) in [5, 5.41) is 6.56. The van der Waals surface area contributed by atoms with Gasteiger partial charge in [-0.05, 0) is 42.8 Å². The van der Waals surface area contributed by atoms with Gasteiger partial charge >= 0.3 is 18.0 Å². The van der Waals surface area contributed by atoms with Crippen LogP contribution in [0.4, 0.5) is 18.0 Å². The van der Waals surface area contributed by atoms with Crippen LogP contribution < -0.4 is 15.7 Å². The monoisotopic (exact) mass is 552 g/mol. The van der Waals surface area contributed by atoms with E-state index in [0.29, 0.717) is 22.3 Å². The number of amides is 2. The number of halogens is 3. The topological polar surface area (TPSA) is 118 Å². The van der Waals surface area contributed by atoms with Gasteiger partial charge in [-0.2, -0.15) is 13.2 Å². The Morgan fingerprint density at radius 3 is 2.50 bits per heavy atom. The molecule has 3 heterocycles. The molecule has 1 N–H and O–H groups in total. The van der Waals surface area contributed by atoms with Crippen molar-refractivity contribution in [1.82, 2.24) is 19.6 Å². The van der Waals surface area contributed by atoms with Gasteiger partial charge in [-0.15, -0.1) is 0 Å². The molecule has 13 heteroatoms. The van der Waals surface area contributed by atoms with Crippen molar-refractivity contribution in [2.45, 2.75) is 25.2 Å². The fourth-order valence-corrected chi connectivity index (χ4v) is 4.92. The molecule has 10 nitrogen and oxygen atoms in total. The van der Waals surface area contributed by atoms with Crippen LogP contribution in [0.1, 0.15) is 23.6 Å². The lowest BCUT2D eigenvalue weighted by atomic mass is 9.90. The summed E-state index contributed by atoms with van der Waals surface area (Å²) >= 11 is 0. The number of imide groups is 1. The zero-order chi connectivity index (χ0) is 28.4. The van der Waals surface area contributed by atoms with Gasteiger partial charge in [0.15, 0.2) is 11.4 Å². The third-order valence-electron chi connectivity index (χ3n) is 6.93. The number of carbonyl (C=O) groups is 2. The van der Waals surface area contributed by atoms with Crippen LogP contribution in [0, 0.1) is 0 Å². The van der Waals surface area contributed by atoms with Crippen LogP contribution in [0.2, 0.25) is 0 Å². The summed E-state index contributed by atoms with van der Waals surface area (Å²) in [5.74, 6) is -0.138. The number of cyclic esters (lactones) is 1. The van der Waals surface area contributed by atoms with Crippen LogP contribution in [-0.4, -0.2) is 33.4 Å². The first kappa shape index (κ1) is 25.2. The molecule has 204 valence electrons. The molecule has 1 aliphatic rings. The van der Waals surface area contributed by atoms with E-state index < -0.39 is 35.0 Å². The lowest BCUT2D eigenvalue weighted by Gasteiger charge is -2.23. The highest BCUT2D eigenvalue weighted by Crippen LogP contribution is 2.35. The van der Waals surface area contributed by atoms with E-state index in [2.05, 4.69) is 10.5 Å². The molecule has 1 fully saturated rings. The maximum Gasteiger partial charge on any atom is 0.416 e. The number of benzene rings is 3. The van der Waals surface area contributed by atoms with Crippen molar-refractivity contribution in [2.75, 3.05) is 7.11 Å². The number of alkyl halides is 3. The van der Waals surface area contributed by atoms with Crippen LogP contribution in [0.25, 0.3) is 27.8 Å². The molecule has 2 aromatic heterocycles. The number of methoxy groups -OCH3 is 1. The second-order valence-corrected chi connectivity index (χ2v) is 9.31. The molecule has 6 rings (SSSR count). The molecule has 0 aliphatic carbocycles. The Hall–Kier alpha value is -5.07. The Morgan fingerprint density at radius 1 is 1.02 bits per heavy atom. The smallest absolute Gasteiger partial charge is 0.416 e. The lowest BCUT2D eigenvalue weighted by molar-refractivity contribution is -0.137. The molecule has 1 saturated heterocycles. The van der Waals surface area contributed by atoms with Crippen LogP contribution in [0.15, 0.2) is 70.0 Å². The fourth-order valence-electron chi connectivity index (χ4n) is 4.92. The van der Waals surface area contributed by atoms with Gasteiger partial charge in [0.25, 0.3) is 5.91 Å². The molecule has 0 unspecified atom stereocenters. The predicted molar refractivity (Wildman–Crippen MR) is 134 cm³/mol. The molecule has 1 atom stereocenters. The lowest BCUT2D eigenvalue weighted by Crippen LogP contribution is -2.35. The number of ether oxygens (including phenoxy) is 2. The third kappa shape index (κ3) is 3.81. The largest absolute Gasteiger partial charge is 0.497 e. The van der Waals surface area contributed by atoms with Crippen molar-refractivity contribution >= 4 is 34.0 Å². The Balaban J connectivity index is 1.58. The van der Waals surface area contributed by atoms with Crippen LogP contribution in [0.5, 0.6) is 5.75 Å². The Morgan fingerprint density at radius 2 is 1.80 bits per heavy atom. The Bertz CT molecular complexity index is 1900. The maximum absolute atomic E-state index is 13.9. The second-order valence-electron chi connectivity index (χ2n) is 9.31. The molecular weight excluding hydrogens is 533 g/mol. The summed E-state index contributed by atoms with van der Waals surface area (Å²) in [6.45, 7) is 1.15. The zero-order valence-electron chi connectivity index (χ0n) is 20.9. The number of hydrogen-bond donors (Lipinski definition) is 1. The minimum absolute atomic E-state index is 0.0303. The van der Waals surface area contributed by atoms with Crippen molar-refractivity contribution in [3.8, 4) is 11.6 Å². The quantitative estimate of drug-likeness (QED) is 0.341. The molecular formula is C27H19F3N4O6. The Kier molecular flexibility index (Phi) is 5.50. The first-order chi connectivity index (χ1) is 19.0. The summed E-state index contributed by atoms with van der Waals surface area (Å²) in [7, 11) is 1.48. The zero-order valence-corrected chi connectivity index (χ0v) is 20.9. The first-order valence-corrected chi connectivity index (χ1v) is 11.9. The van der Waals surface area contributed by atoms with E-state index in [1.807, 2.05) is 0 Å². The number of hydrogen-bond acceptors (Lipinski definition) is 7. The van der Waals surface area contributed by atoms with E-state index >= 15 is 0 Å². The molecule has 5 aromatic rings. The number of imidazole rings is 1. The molecule has 0 bridgehead atoms. The fraction of sp³-hybridized carbons (Fsp3) is 0.185. The van der Waals surface area contributed by atoms with Crippen molar-refractivity contribution < 1.29 is 36.8 Å². The van der Waals surface area contributed by atoms with E-state index in [9.17, 15) is 27.6 Å². The number of nitrogens with zero attached hydrogens (tertiary/aromatic N) is 3. The summed E-state index contributed by atoms with van der Waals surface area (Å²) in [6.07, 6.45) is -5.60. The van der Waals surface area contributed by atoms with Crippen molar-refractivity contribution in [3.63, 3.8) is 0 Å².